The quantitative estimate of drug-likeness (QED) is 0.633. The van der Waals surface area contributed by atoms with Gasteiger partial charge in [0.1, 0.15) is 6.33 Å². The Kier molecular flexibility index (Phi) is 1.53. The van der Waals surface area contributed by atoms with E-state index in [9.17, 15) is 0 Å². The molecule has 0 amide bonds. The van der Waals surface area contributed by atoms with E-state index in [2.05, 4.69) is 28.9 Å². The predicted molar refractivity (Wildman–Crippen MR) is 44.9 cm³/mol. The maximum absolute atomic E-state index is 4.26. The van der Waals surface area contributed by atoms with Crippen LogP contribution in [0.5, 0.6) is 0 Å². The van der Waals surface area contributed by atoms with Gasteiger partial charge < -0.3 is 0 Å². The molecular weight excluding hydrogens is 152 g/mol. The summed E-state index contributed by atoms with van der Waals surface area (Å²) in [6.07, 6.45) is 5.09. The summed E-state index contributed by atoms with van der Waals surface area (Å²) in [5.74, 6) is 0.387. The molecule has 0 saturated carbocycles. The van der Waals surface area contributed by atoms with Crippen LogP contribution in [-0.4, -0.2) is 19.6 Å². The molecule has 0 N–H and O–H groups in total. The zero-order valence-electron chi connectivity index (χ0n) is 7.10. The molecule has 0 fully saturated rings. The molecule has 0 aliphatic heterocycles. The van der Waals surface area contributed by atoms with E-state index in [1.54, 1.807) is 23.2 Å². The minimum Gasteiger partial charge on any atom is -0.255 e. The molecule has 0 aromatic carbocycles. The van der Waals surface area contributed by atoms with Crippen LogP contribution >= 0.6 is 0 Å². The number of fused-ring (bicyclic) bond motifs is 1. The Bertz CT molecular complexity index is 391. The lowest BCUT2D eigenvalue weighted by Gasteiger charge is -2.03. The van der Waals surface area contributed by atoms with Crippen LogP contribution < -0.4 is 0 Å². The highest BCUT2D eigenvalue weighted by molar-refractivity contribution is 5.43. The van der Waals surface area contributed by atoms with E-state index in [0.29, 0.717) is 5.92 Å². The van der Waals surface area contributed by atoms with Crippen LogP contribution in [0.2, 0.25) is 0 Å². The first-order valence-electron chi connectivity index (χ1n) is 3.93. The molecule has 0 radical (unpaired) electrons. The summed E-state index contributed by atoms with van der Waals surface area (Å²) in [6.45, 7) is 4.19. The Labute approximate surface area is 70.3 Å². The minimum atomic E-state index is 0.387. The van der Waals surface area contributed by atoms with Crippen LogP contribution in [0.3, 0.4) is 0 Å². The molecule has 0 bridgehead atoms. The Hall–Kier alpha value is -1.45. The molecule has 2 aromatic rings. The van der Waals surface area contributed by atoms with Crippen molar-refractivity contribution in [3.05, 3.63) is 24.4 Å². The molecule has 0 saturated heterocycles. The number of rotatable bonds is 1. The molecule has 0 atom stereocenters. The molecule has 12 heavy (non-hydrogen) atoms. The third kappa shape index (κ3) is 0.958. The Morgan fingerprint density at radius 3 is 2.92 bits per heavy atom. The molecular formula is C8H10N4. The number of nitrogens with zero attached hydrogens (tertiary/aromatic N) is 4. The van der Waals surface area contributed by atoms with Gasteiger partial charge in [-0.1, -0.05) is 13.8 Å². The maximum Gasteiger partial charge on any atom is 0.177 e. The van der Waals surface area contributed by atoms with Crippen molar-refractivity contribution in [2.45, 2.75) is 19.8 Å². The van der Waals surface area contributed by atoms with Crippen LogP contribution in [0.25, 0.3) is 5.65 Å². The lowest BCUT2D eigenvalue weighted by molar-refractivity contribution is 0.806. The van der Waals surface area contributed by atoms with E-state index in [0.717, 1.165) is 11.3 Å². The highest BCUT2D eigenvalue weighted by Crippen LogP contribution is 2.14. The topological polar surface area (TPSA) is 43.1 Å². The molecule has 2 heterocycles. The average molecular weight is 162 g/mol. The smallest absolute Gasteiger partial charge is 0.177 e. The van der Waals surface area contributed by atoms with E-state index in [1.165, 1.54) is 0 Å². The Morgan fingerprint density at radius 2 is 2.17 bits per heavy atom. The fourth-order valence-corrected chi connectivity index (χ4v) is 1.18. The van der Waals surface area contributed by atoms with E-state index < -0.39 is 0 Å². The number of hydrogen-bond acceptors (Lipinski definition) is 3. The highest BCUT2D eigenvalue weighted by Gasteiger charge is 2.07. The van der Waals surface area contributed by atoms with Crippen LogP contribution in [0.4, 0.5) is 0 Å². The minimum absolute atomic E-state index is 0.387. The van der Waals surface area contributed by atoms with Crippen LogP contribution in [0, 0.1) is 0 Å². The monoisotopic (exact) mass is 162 g/mol. The van der Waals surface area contributed by atoms with Crippen molar-refractivity contribution in [3.8, 4) is 0 Å². The van der Waals surface area contributed by atoms with Crippen LogP contribution in [0.1, 0.15) is 25.5 Å². The standard InChI is InChI=1S/C8H10N4/c1-6(2)7-8-10-5-11-12(8)4-3-9-7/h3-6H,1-2H3. The highest BCUT2D eigenvalue weighted by atomic mass is 15.3. The van der Waals surface area contributed by atoms with Crippen LogP contribution in [0.15, 0.2) is 18.7 Å². The largest absolute Gasteiger partial charge is 0.255 e. The van der Waals surface area contributed by atoms with Gasteiger partial charge >= 0.3 is 0 Å². The van der Waals surface area contributed by atoms with E-state index >= 15 is 0 Å². The second-order valence-electron chi connectivity index (χ2n) is 3.00. The van der Waals surface area contributed by atoms with Crippen molar-refractivity contribution >= 4 is 5.65 Å². The lowest BCUT2D eigenvalue weighted by Crippen LogP contribution is -1.98. The van der Waals surface area contributed by atoms with Gasteiger partial charge in [0.25, 0.3) is 0 Å². The molecule has 4 nitrogen and oxygen atoms in total. The first kappa shape index (κ1) is 7.21. The van der Waals surface area contributed by atoms with Gasteiger partial charge in [0.15, 0.2) is 5.65 Å². The zero-order chi connectivity index (χ0) is 8.55. The van der Waals surface area contributed by atoms with Crippen molar-refractivity contribution in [2.75, 3.05) is 0 Å². The number of aromatic nitrogens is 4. The summed E-state index contributed by atoms with van der Waals surface area (Å²) in [6, 6.07) is 0. The van der Waals surface area contributed by atoms with E-state index in [4.69, 9.17) is 0 Å². The molecule has 2 aromatic heterocycles. The molecule has 4 heteroatoms. The molecule has 62 valence electrons. The fraction of sp³-hybridized carbons (Fsp3) is 0.375. The summed E-state index contributed by atoms with van der Waals surface area (Å²) in [5, 5.41) is 4.03. The van der Waals surface area contributed by atoms with Gasteiger partial charge in [-0.05, 0) is 5.92 Å². The van der Waals surface area contributed by atoms with Gasteiger partial charge in [-0.15, -0.1) is 0 Å². The van der Waals surface area contributed by atoms with E-state index in [-0.39, 0.29) is 0 Å². The first-order chi connectivity index (χ1) is 5.79. The summed E-state index contributed by atoms with van der Waals surface area (Å²) in [7, 11) is 0. The lowest BCUT2D eigenvalue weighted by atomic mass is 10.1. The third-order valence-corrected chi connectivity index (χ3v) is 1.77. The molecule has 0 unspecified atom stereocenters. The van der Waals surface area contributed by atoms with Crippen molar-refractivity contribution in [1.29, 1.82) is 0 Å². The van der Waals surface area contributed by atoms with Crippen molar-refractivity contribution in [1.82, 2.24) is 19.6 Å². The Balaban J connectivity index is 2.73. The van der Waals surface area contributed by atoms with Crippen molar-refractivity contribution in [3.63, 3.8) is 0 Å². The third-order valence-electron chi connectivity index (χ3n) is 1.77. The SMILES string of the molecule is CC(C)c1nccn2ncnc12. The second-order valence-corrected chi connectivity index (χ2v) is 3.00. The number of hydrogen-bond donors (Lipinski definition) is 0. The average Bonchev–Trinajstić information content (AvgIpc) is 2.49. The zero-order valence-corrected chi connectivity index (χ0v) is 7.10. The second kappa shape index (κ2) is 2.55. The van der Waals surface area contributed by atoms with Gasteiger partial charge in [-0.25, -0.2) is 9.50 Å². The van der Waals surface area contributed by atoms with E-state index in [1.807, 2.05) is 0 Å². The predicted octanol–water partition coefficient (Wildman–Crippen LogP) is 1.25. The Morgan fingerprint density at radius 1 is 1.33 bits per heavy atom. The summed E-state index contributed by atoms with van der Waals surface area (Å²) in [5.41, 5.74) is 1.85. The summed E-state index contributed by atoms with van der Waals surface area (Å²) in [4.78, 5) is 8.38. The van der Waals surface area contributed by atoms with Gasteiger partial charge in [0.2, 0.25) is 0 Å². The summed E-state index contributed by atoms with van der Waals surface area (Å²) < 4.78 is 1.74. The van der Waals surface area contributed by atoms with Gasteiger partial charge in [-0.3, -0.25) is 4.98 Å². The molecule has 0 spiro atoms. The molecule has 2 rings (SSSR count). The maximum atomic E-state index is 4.26. The van der Waals surface area contributed by atoms with Gasteiger partial charge in [-0.2, -0.15) is 5.10 Å². The van der Waals surface area contributed by atoms with Gasteiger partial charge in [0, 0.05) is 12.4 Å². The van der Waals surface area contributed by atoms with Crippen molar-refractivity contribution < 1.29 is 0 Å². The fourth-order valence-electron chi connectivity index (χ4n) is 1.18. The van der Waals surface area contributed by atoms with Crippen LogP contribution in [-0.2, 0) is 0 Å². The first-order valence-corrected chi connectivity index (χ1v) is 3.93. The summed E-state index contributed by atoms with van der Waals surface area (Å²) >= 11 is 0. The van der Waals surface area contributed by atoms with Crippen molar-refractivity contribution in [2.24, 2.45) is 0 Å². The molecule has 0 aliphatic rings. The normalized spacial score (nSPS) is 11.2. The molecule has 0 aliphatic carbocycles. The van der Waals surface area contributed by atoms with Gasteiger partial charge in [0.05, 0.1) is 5.69 Å².